The Labute approximate surface area is 76.5 Å². The highest BCUT2D eigenvalue weighted by Gasteiger charge is 2.33. The van der Waals surface area contributed by atoms with E-state index < -0.39 is 18.0 Å². The van der Waals surface area contributed by atoms with Crippen molar-refractivity contribution in [2.24, 2.45) is 11.7 Å². The van der Waals surface area contributed by atoms with Crippen LogP contribution in [0.1, 0.15) is 19.8 Å². The Kier molecular flexibility index (Phi) is 2.75. The van der Waals surface area contributed by atoms with Gasteiger partial charge in [0.15, 0.2) is 0 Å². The van der Waals surface area contributed by atoms with Gasteiger partial charge in [-0.1, -0.05) is 6.92 Å². The molecule has 0 aliphatic carbocycles. The molecule has 1 aliphatic rings. The monoisotopic (exact) mass is 186 g/mol. The fourth-order valence-corrected chi connectivity index (χ4v) is 1.64. The molecule has 0 aromatic carbocycles. The Morgan fingerprint density at radius 1 is 1.54 bits per heavy atom. The molecule has 1 aliphatic heterocycles. The van der Waals surface area contributed by atoms with Crippen molar-refractivity contribution < 1.29 is 14.7 Å². The van der Waals surface area contributed by atoms with Crippen molar-refractivity contribution in [2.75, 3.05) is 6.54 Å². The van der Waals surface area contributed by atoms with Gasteiger partial charge < -0.3 is 10.8 Å². The minimum atomic E-state index is -1.06. The smallest absolute Gasteiger partial charge is 0.407 e. The zero-order valence-corrected chi connectivity index (χ0v) is 7.56. The second kappa shape index (κ2) is 3.64. The summed E-state index contributed by atoms with van der Waals surface area (Å²) in [4.78, 5) is 22.8. The summed E-state index contributed by atoms with van der Waals surface area (Å²) >= 11 is 0. The first-order chi connectivity index (χ1) is 6.02. The minimum absolute atomic E-state index is 0.369. The number of nitrogens with two attached hydrogens (primary N) is 1. The Morgan fingerprint density at radius 3 is 2.62 bits per heavy atom. The minimum Gasteiger partial charge on any atom is -0.465 e. The van der Waals surface area contributed by atoms with E-state index in [0.717, 1.165) is 11.3 Å². The number of likely N-dealkylation sites (tertiary alicyclic amines) is 1. The van der Waals surface area contributed by atoms with Crippen LogP contribution >= 0.6 is 0 Å². The highest BCUT2D eigenvalue weighted by atomic mass is 16.4. The van der Waals surface area contributed by atoms with Gasteiger partial charge in [-0.15, -0.1) is 0 Å². The number of carbonyl (C=O) groups is 2. The molecule has 3 N–H and O–H groups in total. The molecule has 5 heteroatoms. The predicted molar refractivity (Wildman–Crippen MR) is 46.1 cm³/mol. The van der Waals surface area contributed by atoms with Crippen molar-refractivity contribution >= 4 is 12.0 Å². The summed E-state index contributed by atoms with van der Waals surface area (Å²) in [6, 6.07) is -0.638. The van der Waals surface area contributed by atoms with Gasteiger partial charge in [0.2, 0.25) is 5.91 Å². The van der Waals surface area contributed by atoms with Crippen LogP contribution in [-0.4, -0.2) is 34.6 Å². The lowest BCUT2D eigenvalue weighted by molar-refractivity contribution is -0.124. The van der Waals surface area contributed by atoms with E-state index in [0.29, 0.717) is 18.9 Å². The maximum atomic E-state index is 10.9. The molecule has 1 fully saturated rings. The summed E-state index contributed by atoms with van der Waals surface area (Å²) < 4.78 is 0. The molecule has 0 aromatic rings. The summed E-state index contributed by atoms with van der Waals surface area (Å²) in [7, 11) is 0. The molecule has 0 radical (unpaired) electrons. The first-order valence-corrected chi connectivity index (χ1v) is 4.31. The van der Waals surface area contributed by atoms with Gasteiger partial charge in [-0.2, -0.15) is 0 Å². The number of hydrogen-bond acceptors (Lipinski definition) is 2. The van der Waals surface area contributed by atoms with Crippen LogP contribution in [0.2, 0.25) is 0 Å². The normalized spacial score (nSPS) is 28.5. The Hall–Kier alpha value is -1.26. The third kappa shape index (κ3) is 2.11. The Balaban J connectivity index is 2.72. The number of carbonyl (C=O) groups excluding carboxylic acids is 1. The Morgan fingerprint density at radius 2 is 2.15 bits per heavy atom. The number of nitrogens with zero attached hydrogens (tertiary/aromatic N) is 1. The zero-order chi connectivity index (χ0) is 10.0. The van der Waals surface area contributed by atoms with Gasteiger partial charge in [0.05, 0.1) is 0 Å². The molecule has 2 unspecified atom stereocenters. The van der Waals surface area contributed by atoms with Crippen molar-refractivity contribution in [3.63, 3.8) is 0 Å². The fourth-order valence-electron chi connectivity index (χ4n) is 1.64. The number of amides is 2. The predicted octanol–water partition coefficient (Wildman–Crippen LogP) is 0.250. The molecular formula is C8H14N2O3. The molecule has 0 aromatic heterocycles. The highest BCUT2D eigenvalue weighted by molar-refractivity contribution is 5.84. The molecule has 0 bridgehead atoms. The van der Waals surface area contributed by atoms with Gasteiger partial charge in [-0.05, 0) is 18.8 Å². The first-order valence-electron chi connectivity index (χ1n) is 4.31. The third-order valence-corrected chi connectivity index (χ3v) is 2.44. The third-order valence-electron chi connectivity index (χ3n) is 2.44. The molecule has 1 rings (SSSR count). The van der Waals surface area contributed by atoms with Gasteiger partial charge in [0.1, 0.15) is 6.04 Å². The van der Waals surface area contributed by atoms with E-state index in [9.17, 15) is 9.59 Å². The summed E-state index contributed by atoms with van der Waals surface area (Å²) in [5.41, 5.74) is 5.11. The summed E-state index contributed by atoms with van der Waals surface area (Å²) in [6.45, 7) is 2.40. The van der Waals surface area contributed by atoms with Gasteiger partial charge in [-0.25, -0.2) is 4.79 Å². The van der Waals surface area contributed by atoms with E-state index in [2.05, 4.69) is 0 Å². The van der Waals surface area contributed by atoms with Crippen molar-refractivity contribution in [1.82, 2.24) is 4.90 Å². The molecule has 1 heterocycles. The van der Waals surface area contributed by atoms with Crippen LogP contribution in [0.15, 0.2) is 0 Å². The SMILES string of the molecule is CC1CCN(C(=O)O)C(C(N)=O)C1. The van der Waals surface area contributed by atoms with Crippen LogP contribution in [0.3, 0.4) is 0 Å². The van der Waals surface area contributed by atoms with Crippen molar-refractivity contribution in [3.8, 4) is 0 Å². The van der Waals surface area contributed by atoms with Crippen LogP contribution < -0.4 is 5.73 Å². The molecule has 2 atom stereocenters. The van der Waals surface area contributed by atoms with E-state index in [1.807, 2.05) is 6.92 Å². The fraction of sp³-hybridized carbons (Fsp3) is 0.750. The summed E-state index contributed by atoms with van der Waals surface area (Å²) in [5.74, 6) is -0.179. The van der Waals surface area contributed by atoms with E-state index >= 15 is 0 Å². The van der Waals surface area contributed by atoms with Gasteiger partial charge in [0, 0.05) is 6.54 Å². The number of piperidine rings is 1. The van der Waals surface area contributed by atoms with Crippen molar-refractivity contribution in [3.05, 3.63) is 0 Å². The van der Waals surface area contributed by atoms with E-state index in [1.165, 1.54) is 0 Å². The number of carboxylic acid groups (broad SMARTS) is 1. The molecular weight excluding hydrogens is 172 g/mol. The van der Waals surface area contributed by atoms with Gasteiger partial charge in [0.25, 0.3) is 0 Å². The lowest BCUT2D eigenvalue weighted by Gasteiger charge is -2.34. The average Bonchev–Trinajstić information content (AvgIpc) is 2.03. The zero-order valence-electron chi connectivity index (χ0n) is 7.56. The van der Waals surface area contributed by atoms with Gasteiger partial charge >= 0.3 is 6.09 Å². The average molecular weight is 186 g/mol. The maximum absolute atomic E-state index is 10.9. The molecule has 74 valence electrons. The largest absolute Gasteiger partial charge is 0.465 e. The van der Waals surface area contributed by atoms with Crippen molar-refractivity contribution in [1.29, 1.82) is 0 Å². The van der Waals surface area contributed by atoms with Crippen molar-refractivity contribution in [2.45, 2.75) is 25.8 Å². The highest BCUT2D eigenvalue weighted by Crippen LogP contribution is 2.22. The molecule has 2 amide bonds. The first kappa shape index (κ1) is 9.83. The summed E-state index contributed by atoms with van der Waals surface area (Å²) in [5, 5.41) is 8.76. The maximum Gasteiger partial charge on any atom is 0.407 e. The van der Waals surface area contributed by atoms with E-state index in [4.69, 9.17) is 10.8 Å². The quantitative estimate of drug-likeness (QED) is 0.615. The van der Waals surface area contributed by atoms with Crippen LogP contribution in [0.25, 0.3) is 0 Å². The van der Waals surface area contributed by atoms with E-state index in [1.54, 1.807) is 0 Å². The number of rotatable bonds is 1. The van der Waals surface area contributed by atoms with Gasteiger partial charge in [-0.3, -0.25) is 9.69 Å². The topological polar surface area (TPSA) is 83.6 Å². The van der Waals surface area contributed by atoms with Crippen LogP contribution in [-0.2, 0) is 4.79 Å². The second-order valence-corrected chi connectivity index (χ2v) is 3.52. The van der Waals surface area contributed by atoms with E-state index in [-0.39, 0.29) is 0 Å². The summed E-state index contributed by atoms with van der Waals surface area (Å²) in [6.07, 6.45) is 0.285. The standard InChI is InChI=1S/C8H14N2O3/c1-5-2-3-10(8(12)13)6(4-5)7(9)11/h5-6H,2-4H2,1H3,(H2,9,11)(H,12,13). The van der Waals surface area contributed by atoms with Crippen LogP contribution in [0.5, 0.6) is 0 Å². The second-order valence-electron chi connectivity index (χ2n) is 3.52. The number of hydrogen-bond donors (Lipinski definition) is 2. The Bertz CT molecular complexity index is 229. The molecule has 1 saturated heterocycles. The van der Waals surface area contributed by atoms with Crippen LogP contribution in [0, 0.1) is 5.92 Å². The molecule has 13 heavy (non-hydrogen) atoms. The molecule has 0 spiro atoms. The lowest BCUT2D eigenvalue weighted by Crippen LogP contribution is -2.51. The molecule has 0 saturated carbocycles. The molecule has 5 nitrogen and oxygen atoms in total. The van der Waals surface area contributed by atoms with Crippen LogP contribution in [0.4, 0.5) is 4.79 Å². The lowest BCUT2D eigenvalue weighted by atomic mass is 9.92. The number of primary amides is 1.